The van der Waals surface area contributed by atoms with Gasteiger partial charge in [0.05, 0.1) is 25.6 Å². The van der Waals surface area contributed by atoms with Crippen molar-refractivity contribution in [3.63, 3.8) is 0 Å². The number of ether oxygens (including phenoxy) is 2. The summed E-state index contributed by atoms with van der Waals surface area (Å²) in [5.74, 6) is 1.39. The van der Waals surface area contributed by atoms with E-state index in [1.54, 1.807) is 13.3 Å². The summed E-state index contributed by atoms with van der Waals surface area (Å²) in [6.07, 6.45) is 1.70. The van der Waals surface area contributed by atoms with Crippen LogP contribution in [-0.4, -0.2) is 24.9 Å². The second-order valence-corrected chi connectivity index (χ2v) is 4.83. The molecule has 0 fully saturated rings. The van der Waals surface area contributed by atoms with Crippen LogP contribution in [0.25, 0.3) is 0 Å². The Morgan fingerprint density at radius 3 is 2.95 bits per heavy atom. The van der Waals surface area contributed by atoms with Crippen LogP contribution in [0.15, 0.2) is 28.7 Å². The Hall–Kier alpha value is -2.08. The van der Waals surface area contributed by atoms with Crippen LogP contribution < -0.4 is 14.9 Å². The molecule has 1 aromatic heterocycles. The molecular formula is C14H17N3O2S. The minimum Gasteiger partial charge on any atom is -0.493 e. The largest absolute Gasteiger partial charge is 0.493 e. The maximum Gasteiger partial charge on any atom is 0.203 e. The topological polar surface area (TPSA) is 55.7 Å². The van der Waals surface area contributed by atoms with Crippen molar-refractivity contribution >= 4 is 22.7 Å². The first-order chi connectivity index (χ1) is 9.74. The number of thiazole rings is 1. The first kappa shape index (κ1) is 14.3. The van der Waals surface area contributed by atoms with Crippen molar-refractivity contribution in [3.8, 4) is 11.5 Å². The summed E-state index contributed by atoms with van der Waals surface area (Å²) in [4.78, 5) is 4.27. The Bertz CT molecular complexity index is 596. The monoisotopic (exact) mass is 291 g/mol. The Kier molecular flexibility index (Phi) is 4.95. The SMILES string of the molecule is CCOc1c(C=NNc2nc(C)cs2)cccc1OC. The van der Waals surface area contributed by atoms with Crippen molar-refractivity contribution in [2.45, 2.75) is 13.8 Å². The van der Waals surface area contributed by atoms with Crippen LogP contribution in [0.3, 0.4) is 0 Å². The number of nitrogens with zero attached hydrogens (tertiary/aromatic N) is 2. The van der Waals surface area contributed by atoms with Crippen LogP contribution in [0, 0.1) is 6.92 Å². The zero-order valence-electron chi connectivity index (χ0n) is 11.7. The number of nitrogens with one attached hydrogen (secondary N) is 1. The minimum atomic E-state index is 0.570. The predicted octanol–water partition coefficient (Wildman–Crippen LogP) is 3.30. The number of rotatable bonds is 6. The molecule has 20 heavy (non-hydrogen) atoms. The summed E-state index contributed by atoms with van der Waals surface area (Å²) in [6.45, 7) is 4.45. The number of hydrazone groups is 1. The van der Waals surface area contributed by atoms with E-state index >= 15 is 0 Å². The van der Waals surface area contributed by atoms with Gasteiger partial charge in [0.15, 0.2) is 11.5 Å². The highest BCUT2D eigenvalue weighted by Gasteiger charge is 2.08. The predicted molar refractivity (Wildman–Crippen MR) is 82.2 cm³/mol. The molecule has 0 amide bonds. The normalized spacial score (nSPS) is 10.8. The van der Waals surface area contributed by atoms with Crippen LogP contribution in [0.4, 0.5) is 5.13 Å². The highest BCUT2D eigenvalue weighted by Crippen LogP contribution is 2.30. The van der Waals surface area contributed by atoms with Crippen LogP contribution in [-0.2, 0) is 0 Å². The smallest absolute Gasteiger partial charge is 0.203 e. The van der Waals surface area contributed by atoms with Gasteiger partial charge in [-0.05, 0) is 26.0 Å². The number of anilines is 1. The number of hydrogen-bond donors (Lipinski definition) is 1. The highest BCUT2D eigenvalue weighted by molar-refractivity contribution is 7.13. The second-order valence-electron chi connectivity index (χ2n) is 3.98. The van der Waals surface area contributed by atoms with Gasteiger partial charge in [-0.25, -0.2) is 4.98 Å². The number of hydrogen-bond acceptors (Lipinski definition) is 6. The molecule has 0 saturated heterocycles. The Labute approximate surface area is 122 Å². The van der Waals surface area contributed by atoms with Crippen LogP contribution in [0.2, 0.25) is 0 Å². The molecular weight excluding hydrogens is 274 g/mol. The van der Waals surface area contributed by atoms with E-state index < -0.39 is 0 Å². The highest BCUT2D eigenvalue weighted by atomic mass is 32.1. The molecule has 0 aliphatic heterocycles. The van der Waals surface area contributed by atoms with E-state index in [4.69, 9.17) is 9.47 Å². The van der Waals surface area contributed by atoms with E-state index in [1.807, 2.05) is 37.4 Å². The minimum absolute atomic E-state index is 0.570. The molecule has 106 valence electrons. The summed E-state index contributed by atoms with van der Waals surface area (Å²) >= 11 is 1.51. The van der Waals surface area contributed by atoms with Crippen molar-refractivity contribution in [1.29, 1.82) is 0 Å². The number of para-hydroxylation sites is 1. The zero-order valence-corrected chi connectivity index (χ0v) is 12.5. The first-order valence-electron chi connectivity index (χ1n) is 6.25. The third kappa shape index (κ3) is 3.48. The van der Waals surface area contributed by atoms with Gasteiger partial charge in [-0.1, -0.05) is 6.07 Å². The Balaban J connectivity index is 2.15. The van der Waals surface area contributed by atoms with E-state index in [9.17, 15) is 0 Å². The van der Waals surface area contributed by atoms with Gasteiger partial charge >= 0.3 is 0 Å². The molecule has 0 saturated carbocycles. The summed E-state index contributed by atoms with van der Waals surface area (Å²) < 4.78 is 10.9. The number of benzene rings is 1. The molecule has 0 aliphatic carbocycles. The van der Waals surface area contributed by atoms with Crippen LogP contribution in [0.5, 0.6) is 11.5 Å². The van der Waals surface area contributed by atoms with E-state index in [1.165, 1.54) is 11.3 Å². The average molecular weight is 291 g/mol. The second kappa shape index (κ2) is 6.91. The molecule has 0 atom stereocenters. The maximum absolute atomic E-state index is 5.61. The van der Waals surface area contributed by atoms with Crippen LogP contribution >= 0.6 is 11.3 Å². The fourth-order valence-electron chi connectivity index (χ4n) is 1.66. The fourth-order valence-corrected chi connectivity index (χ4v) is 2.29. The summed E-state index contributed by atoms with van der Waals surface area (Å²) in [5.41, 5.74) is 4.73. The molecule has 6 heteroatoms. The number of aromatic nitrogens is 1. The standard InChI is InChI=1S/C14H17N3O2S/c1-4-19-13-11(6-5-7-12(13)18-3)8-15-17-14-16-10(2)9-20-14/h5-9H,4H2,1-3H3,(H,16,17). The molecule has 0 aliphatic rings. The summed E-state index contributed by atoms with van der Waals surface area (Å²) in [7, 11) is 1.62. The van der Waals surface area contributed by atoms with Crippen molar-refractivity contribution in [1.82, 2.24) is 4.98 Å². The van der Waals surface area contributed by atoms with Crippen molar-refractivity contribution in [2.24, 2.45) is 5.10 Å². The molecule has 1 heterocycles. The molecule has 5 nitrogen and oxygen atoms in total. The quantitative estimate of drug-likeness (QED) is 0.655. The molecule has 1 aromatic carbocycles. The van der Waals surface area contributed by atoms with Gasteiger partial charge in [0.1, 0.15) is 0 Å². The van der Waals surface area contributed by atoms with Crippen molar-refractivity contribution in [2.75, 3.05) is 19.1 Å². The average Bonchev–Trinajstić information content (AvgIpc) is 2.86. The van der Waals surface area contributed by atoms with E-state index in [0.29, 0.717) is 18.1 Å². The Morgan fingerprint density at radius 2 is 2.30 bits per heavy atom. The van der Waals surface area contributed by atoms with Crippen molar-refractivity contribution in [3.05, 3.63) is 34.8 Å². The number of methoxy groups -OCH3 is 1. The molecule has 1 N–H and O–H groups in total. The first-order valence-corrected chi connectivity index (χ1v) is 7.13. The van der Waals surface area contributed by atoms with E-state index in [-0.39, 0.29) is 0 Å². The lowest BCUT2D eigenvalue weighted by Gasteiger charge is -2.11. The third-order valence-corrected chi connectivity index (χ3v) is 3.37. The third-order valence-electron chi connectivity index (χ3n) is 2.50. The zero-order chi connectivity index (χ0) is 14.4. The van der Waals surface area contributed by atoms with Gasteiger partial charge in [-0.15, -0.1) is 11.3 Å². The lowest BCUT2D eigenvalue weighted by Crippen LogP contribution is -2.00. The molecule has 0 bridgehead atoms. The fraction of sp³-hybridized carbons (Fsp3) is 0.286. The lowest BCUT2D eigenvalue weighted by atomic mass is 10.2. The van der Waals surface area contributed by atoms with E-state index in [2.05, 4.69) is 15.5 Å². The summed E-state index contributed by atoms with van der Waals surface area (Å²) in [6, 6.07) is 5.68. The Morgan fingerprint density at radius 1 is 1.45 bits per heavy atom. The molecule has 0 spiro atoms. The maximum atomic E-state index is 5.61. The van der Waals surface area contributed by atoms with Gasteiger partial charge in [0.2, 0.25) is 5.13 Å². The van der Waals surface area contributed by atoms with Gasteiger partial charge in [-0.2, -0.15) is 5.10 Å². The van der Waals surface area contributed by atoms with Gasteiger partial charge in [-0.3, -0.25) is 5.43 Å². The molecule has 0 radical (unpaired) electrons. The lowest BCUT2D eigenvalue weighted by molar-refractivity contribution is 0.310. The summed E-state index contributed by atoms with van der Waals surface area (Å²) in [5, 5.41) is 6.91. The molecule has 0 unspecified atom stereocenters. The van der Waals surface area contributed by atoms with Gasteiger partial charge < -0.3 is 9.47 Å². The number of aryl methyl sites for hydroxylation is 1. The molecule has 2 rings (SSSR count). The van der Waals surface area contributed by atoms with Crippen molar-refractivity contribution < 1.29 is 9.47 Å². The van der Waals surface area contributed by atoms with Gasteiger partial charge in [0.25, 0.3) is 0 Å². The van der Waals surface area contributed by atoms with Gasteiger partial charge in [0, 0.05) is 10.9 Å². The van der Waals surface area contributed by atoms with E-state index in [0.717, 1.165) is 16.4 Å². The molecule has 2 aromatic rings. The van der Waals surface area contributed by atoms with Crippen LogP contribution in [0.1, 0.15) is 18.2 Å².